The highest BCUT2D eigenvalue weighted by molar-refractivity contribution is 5.61. The number of hydrogen-bond acceptors (Lipinski definition) is 2. The quantitative estimate of drug-likeness (QED) is 0.743. The lowest BCUT2D eigenvalue weighted by Crippen LogP contribution is -2.39. The molecule has 1 aromatic rings. The lowest BCUT2D eigenvalue weighted by molar-refractivity contribution is -0.110. The van der Waals surface area contributed by atoms with Gasteiger partial charge < -0.3 is 4.79 Å². The first kappa shape index (κ1) is 10.9. The molecule has 76 valence electrons. The number of carbonyl (C=O) groups is 1. The SMILES string of the molecule is CC(C)(C)NC(C=O)c1ccccc1. The van der Waals surface area contributed by atoms with E-state index in [1.807, 2.05) is 51.1 Å². The maximum Gasteiger partial charge on any atom is 0.141 e. The van der Waals surface area contributed by atoms with Crippen molar-refractivity contribution in [2.24, 2.45) is 0 Å². The maximum absolute atomic E-state index is 10.9. The van der Waals surface area contributed by atoms with E-state index in [1.165, 1.54) is 0 Å². The molecule has 2 nitrogen and oxygen atoms in total. The molecular formula is C12H17NO. The van der Waals surface area contributed by atoms with Gasteiger partial charge in [0.2, 0.25) is 0 Å². The van der Waals surface area contributed by atoms with Gasteiger partial charge in [-0.15, -0.1) is 0 Å². The summed E-state index contributed by atoms with van der Waals surface area (Å²) in [5.74, 6) is 0. The third-order valence-electron chi connectivity index (χ3n) is 1.88. The normalized spacial score (nSPS) is 13.6. The Morgan fingerprint density at radius 3 is 2.21 bits per heavy atom. The van der Waals surface area contributed by atoms with Gasteiger partial charge in [-0.2, -0.15) is 0 Å². The van der Waals surface area contributed by atoms with Crippen molar-refractivity contribution in [2.45, 2.75) is 32.4 Å². The molecule has 0 aromatic heterocycles. The zero-order valence-electron chi connectivity index (χ0n) is 8.95. The molecule has 0 saturated heterocycles. The molecule has 2 heteroatoms. The predicted octanol–water partition coefficient (Wildman–Crippen LogP) is 2.31. The Labute approximate surface area is 85.3 Å². The predicted molar refractivity (Wildman–Crippen MR) is 58.1 cm³/mol. The van der Waals surface area contributed by atoms with Crippen LogP contribution in [0, 0.1) is 0 Å². The molecule has 0 heterocycles. The van der Waals surface area contributed by atoms with Gasteiger partial charge in [0.15, 0.2) is 0 Å². The zero-order valence-corrected chi connectivity index (χ0v) is 8.95. The minimum Gasteiger partial charge on any atom is -0.301 e. The fourth-order valence-corrected chi connectivity index (χ4v) is 1.32. The van der Waals surface area contributed by atoms with Crippen LogP contribution in [0.25, 0.3) is 0 Å². The van der Waals surface area contributed by atoms with Crippen molar-refractivity contribution in [3.63, 3.8) is 0 Å². The number of nitrogens with one attached hydrogen (secondary N) is 1. The summed E-state index contributed by atoms with van der Waals surface area (Å²) < 4.78 is 0. The summed E-state index contributed by atoms with van der Waals surface area (Å²) in [5, 5.41) is 3.25. The van der Waals surface area contributed by atoms with E-state index in [2.05, 4.69) is 5.32 Å². The molecule has 1 N–H and O–H groups in total. The van der Waals surface area contributed by atoms with Gasteiger partial charge in [0.1, 0.15) is 6.29 Å². The van der Waals surface area contributed by atoms with E-state index >= 15 is 0 Å². The van der Waals surface area contributed by atoms with Crippen LogP contribution in [0.5, 0.6) is 0 Å². The fraction of sp³-hybridized carbons (Fsp3) is 0.417. The highest BCUT2D eigenvalue weighted by Gasteiger charge is 2.17. The average Bonchev–Trinajstić information content (AvgIpc) is 2.14. The van der Waals surface area contributed by atoms with Crippen molar-refractivity contribution in [1.29, 1.82) is 0 Å². The highest BCUT2D eigenvalue weighted by Crippen LogP contribution is 2.14. The van der Waals surface area contributed by atoms with E-state index in [0.29, 0.717) is 0 Å². The van der Waals surface area contributed by atoms with Crippen molar-refractivity contribution < 1.29 is 4.79 Å². The molecule has 1 unspecified atom stereocenters. The van der Waals surface area contributed by atoms with Crippen LogP contribution in [0.1, 0.15) is 32.4 Å². The van der Waals surface area contributed by atoms with E-state index < -0.39 is 0 Å². The number of rotatable bonds is 3. The van der Waals surface area contributed by atoms with Gasteiger partial charge in [-0.05, 0) is 26.3 Å². The largest absolute Gasteiger partial charge is 0.301 e. The van der Waals surface area contributed by atoms with Crippen molar-refractivity contribution in [3.8, 4) is 0 Å². The van der Waals surface area contributed by atoms with Crippen molar-refractivity contribution >= 4 is 6.29 Å². The van der Waals surface area contributed by atoms with Gasteiger partial charge in [0.25, 0.3) is 0 Å². The summed E-state index contributed by atoms with van der Waals surface area (Å²) in [6, 6.07) is 9.53. The molecule has 0 bridgehead atoms. The Bertz CT molecular complexity index is 287. The Morgan fingerprint density at radius 2 is 1.79 bits per heavy atom. The lowest BCUT2D eigenvalue weighted by Gasteiger charge is -2.25. The summed E-state index contributed by atoms with van der Waals surface area (Å²) in [6.45, 7) is 6.14. The molecule has 0 aliphatic heterocycles. The number of benzene rings is 1. The van der Waals surface area contributed by atoms with Crippen LogP contribution in [-0.4, -0.2) is 11.8 Å². The first-order chi connectivity index (χ1) is 6.53. The molecule has 0 spiro atoms. The summed E-state index contributed by atoms with van der Waals surface area (Å²) >= 11 is 0. The first-order valence-electron chi connectivity index (χ1n) is 4.81. The van der Waals surface area contributed by atoms with E-state index in [-0.39, 0.29) is 11.6 Å². The van der Waals surface area contributed by atoms with Crippen LogP contribution in [0.2, 0.25) is 0 Å². The fourth-order valence-electron chi connectivity index (χ4n) is 1.32. The Morgan fingerprint density at radius 1 is 1.21 bits per heavy atom. The van der Waals surface area contributed by atoms with E-state index in [0.717, 1.165) is 11.8 Å². The van der Waals surface area contributed by atoms with Crippen LogP contribution in [-0.2, 0) is 4.79 Å². The summed E-state index contributed by atoms with van der Waals surface area (Å²) in [6.07, 6.45) is 0.945. The van der Waals surface area contributed by atoms with Gasteiger partial charge >= 0.3 is 0 Å². The van der Waals surface area contributed by atoms with Gasteiger partial charge in [-0.1, -0.05) is 30.3 Å². The molecule has 0 radical (unpaired) electrons. The lowest BCUT2D eigenvalue weighted by atomic mass is 10.0. The smallest absolute Gasteiger partial charge is 0.141 e. The molecule has 1 atom stereocenters. The van der Waals surface area contributed by atoms with Gasteiger partial charge in [0, 0.05) is 5.54 Å². The second-order valence-corrected chi connectivity index (χ2v) is 4.42. The molecule has 0 aliphatic carbocycles. The summed E-state index contributed by atoms with van der Waals surface area (Å²) in [7, 11) is 0. The zero-order chi connectivity index (χ0) is 10.6. The molecule has 0 saturated carbocycles. The number of hydrogen-bond donors (Lipinski definition) is 1. The average molecular weight is 191 g/mol. The minimum atomic E-state index is -0.212. The van der Waals surface area contributed by atoms with Gasteiger partial charge in [0.05, 0.1) is 6.04 Å². The van der Waals surface area contributed by atoms with Crippen molar-refractivity contribution in [1.82, 2.24) is 5.32 Å². The minimum absolute atomic E-state index is 0.0541. The van der Waals surface area contributed by atoms with E-state index in [9.17, 15) is 4.79 Å². The standard InChI is InChI=1S/C12H17NO/c1-12(2,3)13-11(9-14)10-7-5-4-6-8-10/h4-9,11,13H,1-3H3. The Balaban J connectivity index is 2.78. The molecule has 0 fully saturated rings. The van der Waals surface area contributed by atoms with Gasteiger partial charge in [-0.25, -0.2) is 0 Å². The Hall–Kier alpha value is -1.15. The molecular weight excluding hydrogens is 174 g/mol. The molecule has 0 aliphatic rings. The number of carbonyl (C=O) groups excluding carboxylic acids is 1. The van der Waals surface area contributed by atoms with Crippen molar-refractivity contribution in [3.05, 3.63) is 35.9 Å². The second-order valence-electron chi connectivity index (χ2n) is 4.42. The number of aldehydes is 1. The van der Waals surface area contributed by atoms with Crippen LogP contribution in [0.4, 0.5) is 0 Å². The third kappa shape index (κ3) is 3.30. The molecule has 1 rings (SSSR count). The van der Waals surface area contributed by atoms with E-state index in [4.69, 9.17) is 0 Å². The molecule has 14 heavy (non-hydrogen) atoms. The van der Waals surface area contributed by atoms with Crippen LogP contribution >= 0.6 is 0 Å². The monoisotopic (exact) mass is 191 g/mol. The topological polar surface area (TPSA) is 29.1 Å². The van der Waals surface area contributed by atoms with Crippen molar-refractivity contribution in [2.75, 3.05) is 0 Å². The highest BCUT2D eigenvalue weighted by atomic mass is 16.1. The first-order valence-corrected chi connectivity index (χ1v) is 4.81. The third-order valence-corrected chi connectivity index (χ3v) is 1.88. The van der Waals surface area contributed by atoms with E-state index in [1.54, 1.807) is 0 Å². The van der Waals surface area contributed by atoms with Crippen LogP contribution in [0.15, 0.2) is 30.3 Å². The molecule has 1 aromatic carbocycles. The van der Waals surface area contributed by atoms with Crippen LogP contribution in [0.3, 0.4) is 0 Å². The molecule has 0 amide bonds. The maximum atomic E-state index is 10.9. The summed E-state index contributed by atoms with van der Waals surface area (Å²) in [4.78, 5) is 10.9. The second kappa shape index (κ2) is 4.38. The van der Waals surface area contributed by atoms with Gasteiger partial charge in [-0.3, -0.25) is 5.32 Å². The summed E-state index contributed by atoms with van der Waals surface area (Å²) in [5.41, 5.74) is 0.957. The van der Waals surface area contributed by atoms with Crippen LogP contribution < -0.4 is 5.32 Å². The Kier molecular flexibility index (Phi) is 3.42.